The van der Waals surface area contributed by atoms with Crippen LogP contribution in [0.4, 0.5) is 13.2 Å². The average molecular weight is 386 g/mol. The van der Waals surface area contributed by atoms with E-state index in [4.69, 9.17) is 4.74 Å². The van der Waals surface area contributed by atoms with Crippen molar-refractivity contribution in [1.82, 2.24) is 9.97 Å². The summed E-state index contributed by atoms with van der Waals surface area (Å²) in [5, 5.41) is 0.901. The van der Waals surface area contributed by atoms with Crippen LogP contribution in [0.1, 0.15) is 42.5 Å². The zero-order valence-corrected chi connectivity index (χ0v) is 15.5. The lowest BCUT2D eigenvalue weighted by molar-refractivity contribution is -0.137. The number of H-pyrrole nitrogens is 1. The summed E-state index contributed by atoms with van der Waals surface area (Å²) in [5.41, 5.74) is 2.61. The van der Waals surface area contributed by atoms with Gasteiger partial charge in [-0.1, -0.05) is 31.1 Å². The fourth-order valence-electron chi connectivity index (χ4n) is 3.79. The molecule has 6 heteroatoms. The molecule has 0 radical (unpaired) electrons. The van der Waals surface area contributed by atoms with Crippen molar-refractivity contribution in [2.24, 2.45) is 5.92 Å². The van der Waals surface area contributed by atoms with Crippen molar-refractivity contribution in [3.8, 4) is 5.75 Å². The molecule has 0 aliphatic heterocycles. The normalized spacial score (nSPS) is 16.1. The number of alkyl halides is 3. The summed E-state index contributed by atoms with van der Waals surface area (Å²) in [6, 6.07) is 9.24. The third-order valence-corrected chi connectivity index (χ3v) is 5.30. The van der Waals surface area contributed by atoms with Gasteiger partial charge in [0, 0.05) is 16.7 Å². The number of nitrogens with one attached hydrogen (secondary N) is 1. The standard InChI is InChI=1S/C22H21F3N2O/c1-28-18-11-16-12-20(27-21(16)26-13-18)19(10-14-4-2-3-5-14)15-6-8-17(9-7-15)22(23,24)25/h6-14H,2-5H2,1H3,(H,26,27)/b19-10+. The second-order valence-corrected chi connectivity index (χ2v) is 7.20. The predicted molar refractivity (Wildman–Crippen MR) is 103 cm³/mol. The van der Waals surface area contributed by atoms with Gasteiger partial charge < -0.3 is 9.72 Å². The van der Waals surface area contributed by atoms with Crippen LogP contribution in [0.25, 0.3) is 16.6 Å². The number of pyridine rings is 1. The summed E-state index contributed by atoms with van der Waals surface area (Å²) in [6.45, 7) is 0. The lowest BCUT2D eigenvalue weighted by Gasteiger charge is -2.12. The van der Waals surface area contributed by atoms with Gasteiger partial charge in [0.2, 0.25) is 0 Å². The van der Waals surface area contributed by atoms with Gasteiger partial charge in [-0.2, -0.15) is 13.2 Å². The minimum Gasteiger partial charge on any atom is -0.495 e. The van der Waals surface area contributed by atoms with Crippen molar-refractivity contribution < 1.29 is 17.9 Å². The van der Waals surface area contributed by atoms with Gasteiger partial charge in [0.1, 0.15) is 11.4 Å². The lowest BCUT2D eigenvalue weighted by atomic mass is 9.95. The van der Waals surface area contributed by atoms with Gasteiger partial charge in [0.15, 0.2) is 0 Å². The van der Waals surface area contributed by atoms with Crippen molar-refractivity contribution in [2.75, 3.05) is 7.11 Å². The van der Waals surface area contributed by atoms with Crippen molar-refractivity contribution in [2.45, 2.75) is 31.9 Å². The molecule has 0 bridgehead atoms. The van der Waals surface area contributed by atoms with Crippen LogP contribution in [-0.2, 0) is 6.18 Å². The van der Waals surface area contributed by atoms with E-state index in [1.807, 2.05) is 12.1 Å². The molecule has 1 aliphatic carbocycles. The number of hydrogen-bond acceptors (Lipinski definition) is 2. The molecular formula is C22H21F3N2O. The van der Waals surface area contributed by atoms with Gasteiger partial charge in [0.05, 0.1) is 18.9 Å². The SMILES string of the molecule is COc1cnc2[nH]c(/C(=C/C3CCCC3)c3ccc(C(F)(F)F)cc3)cc2c1. The van der Waals surface area contributed by atoms with Gasteiger partial charge >= 0.3 is 6.18 Å². The second kappa shape index (κ2) is 7.34. The molecule has 0 amide bonds. The third kappa shape index (κ3) is 3.77. The zero-order valence-electron chi connectivity index (χ0n) is 15.5. The number of halogens is 3. The lowest BCUT2D eigenvalue weighted by Crippen LogP contribution is -2.04. The molecule has 0 atom stereocenters. The number of aromatic nitrogens is 2. The molecule has 28 heavy (non-hydrogen) atoms. The van der Waals surface area contributed by atoms with Crippen LogP contribution in [0.5, 0.6) is 5.75 Å². The molecule has 4 rings (SSSR count). The summed E-state index contributed by atoms with van der Waals surface area (Å²) < 4.78 is 44.1. The first kappa shape index (κ1) is 18.6. The van der Waals surface area contributed by atoms with E-state index in [1.165, 1.54) is 12.8 Å². The number of aromatic amines is 1. The molecule has 1 aromatic carbocycles. The minimum atomic E-state index is -4.34. The molecule has 2 heterocycles. The second-order valence-electron chi connectivity index (χ2n) is 7.20. The Kier molecular flexibility index (Phi) is 4.87. The number of ether oxygens (including phenoxy) is 1. The summed E-state index contributed by atoms with van der Waals surface area (Å²) in [5.74, 6) is 1.10. The highest BCUT2D eigenvalue weighted by Crippen LogP contribution is 2.35. The molecule has 2 aromatic heterocycles. The predicted octanol–water partition coefficient (Wildman–Crippen LogP) is 6.21. The van der Waals surface area contributed by atoms with Crippen LogP contribution < -0.4 is 4.74 Å². The molecule has 0 spiro atoms. The van der Waals surface area contributed by atoms with Crippen molar-refractivity contribution in [1.29, 1.82) is 0 Å². The number of methoxy groups -OCH3 is 1. The number of rotatable bonds is 4. The summed E-state index contributed by atoms with van der Waals surface area (Å²) in [7, 11) is 1.59. The van der Waals surface area contributed by atoms with E-state index in [0.717, 1.165) is 52.8 Å². The van der Waals surface area contributed by atoms with Gasteiger partial charge in [-0.15, -0.1) is 0 Å². The summed E-state index contributed by atoms with van der Waals surface area (Å²) in [4.78, 5) is 7.68. The highest BCUT2D eigenvalue weighted by atomic mass is 19.4. The monoisotopic (exact) mass is 386 g/mol. The Morgan fingerprint density at radius 1 is 1.14 bits per heavy atom. The Morgan fingerprint density at radius 2 is 1.86 bits per heavy atom. The maximum atomic E-state index is 12.9. The van der Waals surface area contributed by atoms with Crippen LogP contribution in [0.15, 0.2) is 48.7 Å². The topological polar surface area (TPSA) is 37.9 Å². The molecule has 146 valence electrons. The largest absolute Gasteiger partial charge is 0.495 e. The number of hydrogen-bond donors (Lipinski definition) is 1. The summed E-state index contributed by atoms with van der Waals surface area (Å²) in [6.07, 6.45) is 4.08. The quantitative estimate of drug-likeness (QED) is 0.579. The zero-order chi connectivity index (χ0) is 19.7. The van der Waals surface area contributed by atoms with Crippen LogP contribution in [0.2, 0.25) is 0 Å². The minimum absolute atomic E-state index is 0.436. The Bertz CT molecular complexity index is 997. The molecule has 1 aliphatic rings. The van der Waals surface area contributed by atoms with Crippen molar-refractivity contribution >= 4 is 16.6 Å². The van der Waals surface area contributed by atoms with E-state index < -0.39 is 11.7 Å². The first-order valence-corrected chi connectivity index (χ1v) is 9.36. The van der Waals surface area contributed by atoms with E-state index in [1.54, 1.807) is 25.4 Å². The average Bonchev–Trinajstić information content (AvgIpc) is 3.34. The van der Waals surface area contributed by atoms with Crippen LogP contribution in [-0.4, -0.2) is 17.1 Å². The molecular weight excluding hydrogens is 365 g/mol. The molecule has 1 fully saturated rings. The number of benzene rings is 1. The molecule has 3 aromatic rings. The van der Waals surface area contributed by atoms with E-state index in [9.17, 15) is 13.2 Å². The van der Waals surface area contributed by atoms with Gasteiger partial charge in [-0.25, -0.2) is 4.98 Å². The molecule has 1 N–H and O–H groups in total. The molecule has 0 saturated heterocycles. The molecule has 3 nitrogen and oxygen atoms in total. The van der Waals surface area contributed by atoms with Gasteiger partial charge in [0.25, 0.3) is 0 Å². The maximum Gasteiger partial charge on any atom is 0.416 e. The van der Waals surface area contributed by atoms with E-state index >= 15 is 0 Å². The highest BCUT2D eigenvalue weighted by molar-refractivity contribution is 5.87. The fourth-order valence-corrected chi connectivity index (χ4v) is 3.79. The van der Waals surface area contributed by atoms with Crippen molar-refractivity contribution in [3.05, 3.63) is 65.5 Å². The number of fused-ring (bicyclic) bond motifs is 1. The Labute approximate surface area is 161 Å². The maximum absolute atomic E-state index is 12.9. The van der Waals surface area contributed by atoms with E-state index in [2.05, 4.69) is 16.0 Å². The van der Waals surface area contributed by atoms with Crippen LogP contribution in [0.3, 0.4) is 0 Å². The van der Waals surface area contributed by atoms with E-state index in [-0.39, 0.29) is 0 Å². The number of nitrogens with zero attached hydrogens (tertiary/aromatic N) is 1. The van der Waals surface area contributed by atoms with Gasteiger partial charge in [-0.3, -0.25) is 0 Å². The van der Waals surface area contributed by atoms with Crippen molar-refractivity contribution in [3.63, 3.8) is 0 Å². The highest BCUT2D eigenvalue weighted by Gasteiger charge is 2.30. The first-order chi connectivity index (χ1) is 13.4. The van der Waals surface area contributed by atoms with Crippen LogP contribution >= 0.6 is 0 Å². The Morgan fingerprint density at radius 3 is 2.50 bits per heavy atom. The molecule has 1 saturated carbocycles. The third-order valence-electron chi connectivity index (χ3n) is 5.30. The Hall–Kier alpha value is -2.76. The van der Waals surface area contributed by atoms with Gasteiger partial charge in [-0.05, 0) is 48.6 Å². The molecule has 0 unspecified atom stereocenters. The smallest absolute Gasteiger partial charge is 0.416 e. The van der Waals surface area contributed by atoms with Crippen LogP contribution in [0, 0.1) is 5.92 Å². The fraction of sp³-hybridized carbons (Fsp3) is 0.318. The number of allylic oxidation sites excluding steroid dienone is 1. The Balaban J connectivity index is 1.77. The van der Waals surface area contributed by atoms with E-state index in [0.29, 0.717) is 11.7 Å². The first-order valence-electron chi connectivity index (χ1n) is 9.36. The summed E-state index contributed by atoms with van der Waals surface area (Å²) >= 11 is 0.